The smallest absolute Gasteiger partial charge is 0.341 e. The number of nitrogens with one attached hydrogen (secondary N) is 1. The number of benzene rings is 2. The third kappa shape index (κ3) is 5.41. The maximum Gasteiger partial charge on any atom is 0.341 e. The van der Waals surface area contributed by atoms with Gasteiger partial charge in [0.1, 0.15) is 22.1 Å². The predicted octanol–water partition coefficient (Wildman–Crippen LogP) is 4.49. The summed E-state index contributed by atoms with van der Waals surface area (Å²) >= 11 is 1.23. The Morgan fingerprint density at radius 2 is 1.74 bits per heavy atom. The van der Waals surface area contributed by atoms with Crippen LogP contribution in [0.15, 0.2) is 53.9 Å². The van der Waals surface area contributed by atoms with Crippen LogP contribution in [0, 0.1) is 11.3 Å². The van der Waals surface area contributed by atoms with E-state index in [-0.39, 0.29) is 13.2 Å². The molecule has 0 bridgehead atoms. The molecule has 0 unspecified atom stereocenters. The van der Waals surface area contributed by atoms with Crippen molar-refractivity contribution in [1.29, 1.82) is 5.26 Å². The van der Waals surface area contributed by atoms with E-state index in [0.717, 1.165) is 5.56 Å². The summed E-state index contributed by atoms with van der Waals surface area (Å²) in [5.41, 5.74) is 2.26. The number of nitrogens with zero attached hydrogens (tertiary/aromatic N) is 1. The second kappa shape index (κ2) is 10.3. The number of methoxy groups -OCH3 is 1. The van der Waals surface area contributed by atoms with Crippen molar-refractivity contribution in [2.75, 3.05) is 25.6 Å². The van der Waals surface area contributed by atoms with Crippen molar-refractivity contribution in [2.24, 2.45) is 0 Å². The van der Waals surface area contributed by atoms with Gasteiger partial charge in [-0.05, 0) is 48.9 Å². The van der Waals surface area contributed by atoms with Gasteiger partial charge < -0.3 is 19.5 Å². The predicted molar refractivity (Wildman–Crippen MR) is 118 cm³/mol. The molecule has 0 aliphatic carbocycles. The molecule has 0 aliphatic heterocycles. The monoisotopic (exact) mass is 436 g/mol. The highest BCUT2D eigenvalue weighted by Gasteiger charge is 2.23. The van der Waals surface area contributed by atoms with Crippen molar-refractivity contribution < 1.29 is 23.8 Å². The Morgan fingerprint density at radius 3 is 2.35 bits per heavy atom. The second-order valence-electron chi connectivity index (χ2n) is 6.28. The van der Waals surface area contributed by atoms with Crippen molar-refractivity contribution >= 4 is 28.2 Å². The van der Waals surface area contributed by atoms with Gasteiger partial charge in [0, 0.05) is 10.9 Å². The number of ether oxygens (including phenoxy) is 3. The maximum atomic E-state index is 12.6. The van der Waals surface area contributed by atoms with Gasteiger partial charge in [0.2, 0.25) is 0 Å². The summed E-state index contributed by atoms with van der Waals surface area (Å²) in [6.45, 7) is 1.69. The minimum Gasteiger partial charge on any atom is -0.497 e. The topological polar surface area (TPSA) is 97.7 Å². The molecule has 8 heteroatoms. The molecular formula is C23H20N2O5S. The molecule has 3 rings (SSSR count). The number of amides is 1. The number of carbonyl (C=O) groups excluding carboxylic acids is 2. The molecule has 1 heterocycles. The number of esters is 1. The Balaban J connectivity index is 1.77. The Bertz CT molecular complexity index is 1100. The lowest BCUT2D eigenvalue weighted by atomic mass is 10.0. The summed E-state index contributed by atoms with van der Waals surface area (Å²) in [6, 6.07) is 15.7. The van der Waals surface area contributed by atoms with E-state index in [4.69, 9.17) is 19.5 Å². The number of carbonyl (C=O) groups is 2. The van der Waals surface area contributed by atoms with Crippen LogP contribution in [0.5, 0.6) is 11.5 Å². The first kappa shape index (κ1) is 21.9. The van der Waals surface area contributed by atoms with E-state index in [1.165, 1.54) is 11.3 Å². The van der Waals surface area contributed by atoms with Crippen molar-refractivity contribution in [2.45, 2.75) is 6.92 Å². The van der Waals surface area contributed by atoms with E-state index in [2.05, 4.69) is 5.32 Å². The average Bonchev–Trinajstić information content (AvgIpc) is 3.21. The number of hydrogen-bond acceptors (Lipinski definition) is 7. The molecule has 0 saturated heterocycles. The fourth-order valence-electron chi connectivity index (χ4n) is 2.78. The van der Waals surface area contributed by atoms with Crippen molar-refractivity contribution in [1.82, 2.24) is 0 Å². The van der Waals surface area contributed by atoms with Gasteiger partial charge in [-0.15, -0.1) is 11.3 Å². The summed E-state index contributed by atoms with van der Waals surface area (Å²) in [5.74, 6) is 0.228. The molecule has 0 spiro atoms. The molecule has 7 nitrogen and oxygen atoms in total. The van der Waals surface area contributed by atoms with E-state index in [1.807, 2.05) is 18.2 Å². The highest BCUT2D eigenvalue weighted by Crippen LogP contribution is 2.36. The van der Waals surface area contributed by atoms with Crippen molar-refractivity contribution in [3.8, 4) is 28.7 Å². The molecule has 0 radical (unpaired) electrons. The fourth-order valence-corrected chi connectivity index (χ4v) is 3.75. The zero-order chi connectivity index (χ0) is 22.2. The van der Waals surface area contributed by atoms with Gasteiger partial charge in [-0.25, -0.2) is 4.79 Å². The van der Waals surface area contributed by atoms with Crippen LogP contribution in [0.25, 0.3) is 11.1 Å². The molecule has 0 aliphatic rings. The molecule has 158 valence electrons. The normalized spacial score (nSPS) is 10.1. The van der Waals surface area contributed by atoms with Crippen molar-refractivity contribution in [3.63, 3.8) is 0 Å². The molecule has 0 fully saturated rings. The van der Waals surface area contributed by atoms with Gasteiger partial charge in [-0.3, -0.25) is 4.79 Å². The van der Waals surface area contributed by atoms with E-state index >= 15 is 0 Å². The number of thiophene rings is 1. The van der Waals surface area contributed by atoms with Crippen LogP contribution in [0.4, 0.5) is 5.00 Å². The van der Waals surface area contributed by atoms with Gasteiger partial charge >= 0.3 is 5.97 Å². The molecule has 0 atom stereocenters. The summed E-state index contributed by atoms with van der Waals surface area (Å²) in [6.07, 6.45) is 0. The Morgan fingerprint density at radius 1 is 1.06 bits per heavy atom. The van der Waals surface area contributed by atoms with Crippen LogP contribution < -0.4 is 14.8 Å². The number of anilines is 1. The molecule has 3 aromatic rings. The molecular weight excluding hydrogens is 416 g/mol. The first-order valence-electron chi connectivity index (χ1n) is 9.41. The molecule has 1 amide bonds. The first-order chi connectivity index (χ1) is 15.0. The largest absolute Gasteiger partial charge is 0.497 e. The lowest BCUT2D eigenvalue weighted by molar-refractivity contribution is -0.118. The lowest BCUT2D eigenvalue weighted by Gasteiger charge is -2.10. The summed E-state index contributed by atoms with van der Waals surface area (Å²) in [5, 5.41) is 13.7. The maximum absolute atomic E-state index is 12.6. The third-order valence-electron chi connectivity index (χ3n) is 4.28. The standard InChI is InChI=1S/C23H20N2O5S/c1-3-29-23(27)21-19(16-6-10-17(28-2)11-7-16)14-31-22(21)25-20(26)13-30-18-8-4-15(12-24)5-9-18/h4-11,14H,3,13H2,1-2H3,(H,25,26). The Labute approximate surface area is 183 Å². The Kier molecular flexibility index (Phi) is 7.25. The minimum atomic E-state index is -0.516. The average molecular weight is 436 g/mol. The summed E-state index contributed by atoms with van der Waals surface area (Å²) in [7, 11) is 1.58. The second-order valence-corrected chi connectivity index (χ2v) is 7.16. The van der Waals surface area contributed by atoms with E-state index in [1.54, 1.807) is 55.8 Å². The molecule has 1 aromatic heterocycles. The molecule has 1 N–H and O–H groups in total. The van der Waals surface area contributed by atoms with Crippen LogP contribution >= 0.6 is 11.3 Å². The molecule has 2 aromatic carbocycles. The van der Waals surface area contributed by atoms with Crippen molar-refractivity contribution in [3.05, 3.63) is 65.0 Å². The molecule has 0 saturated carbocycles. The number of rotatable bonds is 8. The molecule has 31 heavy (non-hydrogen) atoms. The number of nitriles is 1. The lowest BCUT2D eigenvalue weighted by Crippen LogP contribution is -2.21. The first-order valence-corrected chi connectivity index (χ1v) is 10.3. The quantitative estimate of drug-likeness (QED) is 0.523. The van der Waals surface area contributed by atoms with Crippen LogP contribution in [0.3, 0.4) is 0 Å². The van der Waals surface area contributed by atoms with E-state index < -0.39 is 11.9 Å². The zero-order valence-corrected chi connectivity index (χ0v) is 17.8. The fraction of sp³-hybridized carbons (Fsp3) is 0.174. The van der Waals surface area contributed by atoms with Crippen LogP contribution in [-0.4, -0.2) is 32.2 Å². The van der Waals surface area contributed by atoms with E-state index in [0.29, 0.717) is 33.2 Å². The highest BCUT2D eigenvalue weighted by atomic mass is 32.1. The minimum absolute atomic E-state index is 0.214. The van der Waals surface area contributed by atoms with Gasteiger partial charge in [0.25, 0.3) is 5.91 Å². The van der Waals surface area contributed by atoms with Crippen LogP contribution in [0.1, 0.15) is 22.8 Å². The van der Waals surface area contributed by atoms with E-state index in [9.17, 15) is 9.59 Å². The number of hydrogen-bond donors (Lipinski definition) is 1. The highest BCUT2D eigenvalue weighted by molar-refractivity contribution is 7.15. The van der Waals surface area contributed by atoms with Crippen LogP contribution in [0.2, 0.25) is 0 Å². The van der Waals surface area contributed by atoms with Gasteiger partial charge in [0.15, 0.2) is 6.61 Å². The van der Waals surface area contributed by atoms with Gasteiger partial charge in [0.05, 0.1) is 25.3 Å². The third-order valence-corrected chi connectivity index (χ3v) is 5.17. The summed E-state index contributed by atoms with van der Waals surface area (Å²) in [4.78, 5) is 25.0. The van der Waals surface area contributed by atoms with Gasteiger partial charge in [-0.2, -0.15) is 5.26 Å². The van der Waals surface area contributed by atoms with Gasteiger partial charge in [-0.1, -0.05) is 12.1 Å². The SMILES string of the molecule is CCOC(=O)c1c(-c2ccc(OC)cc2)csc1NC(=O)COc1ccc(C#N)cc1. The summed E-state index contributed by atoms with van der Waals surface area (Å²) < 4.78 is 15.8. The zero-order valence-electron chi connectivity index (χ0n) is 17.0. The Hall–Kier alpha value is -3.83. The van der Waals surface area contributed by atoms with Crippen LogP contribution in [-0.2, 0) is 9.53 Å².